The van der Waals surface area contributed by atoms with Gasteiger partial charge in [-0.3, -0.25) is 9.89 Å². The average molecular weight is 224 g/mol. The smallest absolute Gasteiger partial charge is 0.255 e. The van der Waals surface area contributed by atoms with Crippen molar-refractivity contribution in [2.45, 2.75) is 26.4 Å². The van der Waals surface area contributed by atoms with E-state index in [4.69, 9.17) is 10.5 Å². The van der Waals surface area contributed by atoms with Gasteiger partial charge in [0, 0.05) is 6.61 Å². The summed E-state index contributed by atoms with van der Waals surface area (Å²) in [5.41, 5.74) is 6.95. The molecule has 1 saturated heterocycles. The first-order chi connectivity index (χ1) is 7.59. The average Bonchev–Trinajstić information content (AvgIpc) is 2.79. The van der Waals surface area contributed by atoms with E-state index in [0.717, 1.165) is 12.1 Å². The van der Waals surface area contributed by atoms with Gasteiger partial charge in [-0.1, -0.05) is 6.92 Å². The SMILES string of the molecule is Cc1[nH]nc(NC(=O)C2OCCC2C)c1N. The molecule has 1 aliphatic heterocycles. The molecule has 16 heavy (non-hydrogen) atoms. The molecule has 1 aromatic rings. The number of nitrogens with one attached hydrogen (secondary N) is 2. The molecular formula is C10H16N4O2. The molecule has 88 valence electrons. The van der Waals surface area contributed by atoms with E-state index in [1.807, 2.05) is 6.92 Å². The molecule has 1 amide bonds. The molecule has 0 radical (unpaired) electrons. The molecule has 2 heterocycles. The highest BCUT2D eigenvalue weighted by Gasteiger charge is 2.31. The predicted octanol–water partition coefficient (Wildman–Crippen LogP) is 0.664. The zero-order valence-corrected chi connectivity index (χ0v) is 9.41. The van der Waals surface area contributed by atoms with E-state index < -0.39 is 6.10 Å². The molecule has 1 fully saturated rings. The van der Waals surface area contributed by atoms with Crippen LogP contribution in [0, 0.1) is 12.8 Å². The molecule has 2 atom stereocenters. The second-order valence-corrected chi connectivity index (χ2v) is 4.16. The largest absolute Gasteiger partial charge is 0.394 e. The Kier molecular flexibility index (Phi) is 2.82. The lowest BCUT2D eigenvalue weighted by Gasteiger charge is -2.13. The van der Waals surface area contributed by atoms with Crippen LogP contribution in [0.25, 0.3) is 0 Å². The normalized spacial score (nSPS) is 24.6. The molecule has 4 N–H and O–H groups in total. The zero-order valence-electron chi connectivity index (χ0n) is 9.41. The lowest BCUT2D eigenvalue weighted by Crippen LogP contribution is -2.31. The van der Waals surface area contributed by atoms with Crippen molar-refractivity contribution >= 4 is 17.4 Å². The van der Waals surface area contributed by atoms with Crippen LogP contribution in [0.4, 0.5) is 11.5 Å². The van der Waals surface area contributed by atoms with E-state index in [0.29, 0.717) is 18.1 Å². The maximum Gasteiger partial charge on any atom is 0.255 e. The molecule has 0 bridgehead atoms. The number of nitrogen functional groups attached to an aromatic ring is 1. The van der Waals surface area contributed by atoms with E-state index in [1.54, 1.807) is 6.92 Å². The van der Waals surface area contributed by atoms with Crippen LogP contribution in [-0.2, 0) is 9.53 Å². The molecule has 1 aromatic heterocycles. The number of anilines is 2. The number of amides is 1. The van der Waals surface area contributed by atoms with E-state index >= 15 is 0 Å². The predicted molar refractivity (Wildman–Crippen MR) is 59.9 cm³/mol. The summed E-state index contributed by atoms with van der Waals surface area (Å²) in [5.74, 6) is 0.440. The van der Waals surface area contributed by atoms with Crippen LogP contribution < -0.4 is 11.1 Å². The van der Waals surface area contributed by atoms with Crippen LogP contribution >= 0.6 is 0 Å². The molecule has 6 nitrogen and oxygen atoms in total. The van der Waals surface area contributed by atoms with Crippen molar-refractivity contribution in [3.05, 3.63) is 5.69 Å². The Bertz CT molecular complexity index is 402. The topological polar surface area (TPSA) is 93.0 Å². The Balaban J connectivity index is 2.05. The third-order valence-corrected chi connectivity index (χ3v) is 2.88. The van der Waals surface area contributed by atoms with Gasteiger partial charge in [0.15, 0.2) is 5.82 Å². The third-order valence-electron chi connectivity index (χ3n) is 2.88. The van der Waals surface area contributed by atoms with Gasteiger partial charge in [0.1, 0.15) is 6.10 Å². The fourth-order valence-electron chi connectivity index (χ4n) is 1.75. The molecule has 0 saturated carbocycles. The fourth-order valence-corrected chi connectivity index (χ4v) is 1.75. The number of hydrogen-bond acceptors (Lipinski definition) is 4. The summed E-state index contributed by atoms with van der Waals surface area (Å²) in [6.07, 6.45) is 0.518. The van der Waals surface area contributed by atoms with Gasteiger partial charge in [-0.2, -0.15) is 5.10 Å². The van der Waals surface area contributed by atoms with Crippen LogP contribution in [0.3, 0.4) is 0 Å². The highest BCUT2D eigenvalue weighted by molar-refractivity contribution is 5.96. The third kappa shape index (κ3) is 1.88. The Morgan fingerprint density at radius 3 is 2.94 bits per heavy atom. The van der Waals surface area contributed by atoms with Gasteiger partial charge in [0.25, 0.3) is 5.91 Å². The van der Waals surface area contributed by atoms with Crippen molar-refractivity contribution in [3.63, 3.8) is 0 Å². The first-order valence-corrected chi connectivity index (χ1v) is 5.32. The molecule has 6 heteroatoms. The van der Waals surface area contributed by atoms with E-state index in [2.05, 4.69) is 15.5 Å². The monoisotopic (exact) mass is 224 g/mol. The highest BCUT2D eigenvalue weighted by atomic mass is 16.5. The van der Waals surface area contributed by atoms with Gasteiger partial charge in [-0.05, 0) is 19.3 Å². The van der Waals surface area contributed by atoms with Gasteiger partial charge >= 0.3 is 0 Å². The van der Waals surface area contributed by atoms with Crippen LogP contribution in [0.1, 0.15) is 19.0 Å². The number of carbonyl (C=O) groups is 1. The first kappa shape index (κ1) is 10.9. The van der Waals surface area contributed by atoms with Crippen LogP contribution in [0.5, 0.6) is 0 Å². The van der Waals surface area contributed by atoms with Crippen LogP contribution in [-0.4, -0.2) is 28.8 Å². The molecular weight excluding hydrogens is 208 g/mol. The number of ether oxygens (including phenoxy) is 1. The summed E-state index contributed by atoms with van der Waals surface area (Å²) >= 11 is 0. The highest BCUT2D eigenvalue weighted by Crippen LogP contribution is 2.23. The summed E-state index contributed by atoms with van der Waals surface area (Å²) in [6.45, 7) is 4.43. The van der Waals surface area contributed by atoms with Crippen LogP contribution in [0.2, 0.25) is 0 Å². The van der Waals surface area contributed by atoms with Crippen molar-refractivity contribution < 1.29 is 9.53 Å². The minimum absolute atomic E-state index is 0.178. The quantitative estimate of drug-likeness (QED) is 0.688. The van der Waals surface area contributed by atoms with Crippen molar-refractivity contribution in [1.82, 2.24) is 10.2 Å². The minimum Gasteiger partial charge on any atom is -0.394 e. The maximum absolute atomic E-state index is 11.8. The molecule has 2 unspecified atom stereocenters. The summed E-state index contributed by atoms with van der Waals surface area (Å²) in [7, 11) is 0. The van der Waals surface area contributed by atoms with E-state index in [1.165, 1.54) is 0 Å². The Morgan fingerprint density at radius 1 is 1.69 bits per heavy atom. The molecule has 2 rings (SSSR count). The molecule has 1 aliphatic rings. The fraction of sp³-hybridized carbons (Fsp3) is 0.600. The number of aromatic amines is 1. The Morgan fingerprint density at radius 2 is 2.44 bits per heavy atom. The van der Waals surface area contributed by atoms with E-state index in [-0.39, 0.29) is 11.8 Å². The van der Waals surface area contributed by atoms with Gasteiger partial charge < -0.3 is 15.8 Å². The second-order valence-electron chi connectivity index (χ2n) is 4.16. The Labute approximate surface area is 93.5 Å². The molecule has 0 aromatic carbocycles. The maximum atomic E-state index is 11.8. The van der Waals surface area contributed by atoms with Gasteiger partial charge in [0.05, 0.1) is 11.4 Å². The van der Waals surface area contributed by atoms with E-state index in [9.17, 15) is 4.79 Å². The number of nitrogens with zero attached hydrogens (tertiary/aromatic N) is 1. The van der Waals surface area contributed by atoms with Crippen molar-refractivity contribution in [2.24, 2.45) is 5.92 Å². The number of rotatable bonds is 2. The number of aromatic nitrogens is 2. The van der Waals surface area contributed by atoms with Gasteiger partial charge in [0.2, 0.25) is 0 Å². The second kappa shape index (κ2) is 4.13. The summed E-state index contributed by atoms with van der Waals surface area (Å²) in [5, 5.41) is 9.30. The summed E-state index contributed by atoms with van der Waals surface area (Å²) < 4.78 is 5.36. The lowest BCUT2D eigenvalue weighted by molar-refractivity contribution is -0.126. The van der Waals surface area contributed by atoms with Gasteiger partial charge in [-0.25, -0.2) is 0 Å². The summed E-state index contributed by atoms with van der Waals surface area (Å²) in [6, 6.07) is 0. The number of hydrogen-bond donors (Lipinski definition) is 3. The number of aryl methyl sites for hydroxylation is 1. The Hall–Kier alpha value is -1.56. The molecule has 0 aliphatic carbocycles. The minimum atomic E-state index is -0.392. The van der Waals surface area contributed by atoms with Crippen molar-refractivity contribution in [3.8, 4) is 0 Å². The van der Waals surface area contributed by atoms with Crippen LogP contribution in [0.15, 0.2) is 0 Å². The van der Waals surface area contributed by atoms with Gasteiger partial charge in [-0.15, -0.1) is 0 Å². The summed E-state index contributed by atoms with van der Waals surface area (Å²) in [4.78, 5) is 11.8. The first-order valence-electron chi connectivity index (χ1n) is 5.32. The standard InChI is InChI=1S/C10H16N4O2/c1-5-3-4-16-8(5)10(15)12-9-7(11)6(2)13-14-9/h5,8H,3-4,11H2,1-2H3,(H2,12,13,14,15). The number of carbonyl (C=O) groups excluding carboxylic acids is 1. The van der Waals surface area contributed by atoms with Crippen molar-refractivity contribution in [2.75, 3.05) is 17.7 Å². The van der Waals surface area contributed by atoms with Crippen molar-refractivity contribution in [1.29, 1.82) is 0 Å². The number of H-pyrrole nitrogens is 1. The molecule has 0 spiro atoms. The lowest BCUT2D eigenvalue weighted by atomic mass is 10.0. The zero-order chi connectivity index (χ0) is 11.7. The number of nitrogens with two attached hydrogens (primary N) is 1.